The van der Waals surface area contributed by atoms with E-state index in [1.54, 1.807) is 6.07 Å². The summed E-state index contributed by atoms with van der Waals surface area (Å²) in [6.07, 6.45) is 3.36. The van der Waals surface area contributed by atoms with E-state index in [2.05, 4.69) is 4.98 Å². The van der Waals surface area contributed by atoms with Gasteiger partial charge in [-0.1, -0.05) is 11.6 Å². The molecule has 3 rings (SSSR count). The molecule has 102 valence electrons. The molecule has 0 saturated carbocycles. The minimum atomic E-state index is -0.474. The molecule has 1 aromatic carbocycles. The topological polar surface area (TPSA) is 53.1 Å². The van der Waals surface area contributed by atoms with Crippen LogP contribution in [0.15, 0.2) is 12.1 Å². The maximum atomic E-state index is 13.4. The van der Waals surface area contributed by atoms with Crippen molar-refractivity contribution in [2.45, 2.75) is 31.9 Å². The molecule has 0 spiro atoms. The molecule has 0 radical (unpaired) electrons. The van der Waals surface area contributed by atoms with Crippen molar-refractivity contribution in [2.75, 3.05) is 12.3 Å². The first-order valence-electron chi connectivity index (χ1n) is 6.37. The van der Waals surface area contributed by atoms with Crippen LogP contribution in [0.1, 0.15) is 19.3 Å². The summed E-state index contributed by atoms with van der Waals surface area (Å²) < 4.78 is 20.8. The van der Waals surface area contributed by atoms with Crippen molar-refractivity contribution < 1.29 is 9.13 Å². The Morgan fingerprint density at radius 3 is 3.11 bits per heavy atom. The SMILES string of the molecule is Nc1nc2cc(F)c(Cl)cc2n1CCC1CCCO1. The zero-order valence-corrected chi connectivity index (χ0v) is 11.2. The van der Waals surface area contributed by atoms with Gasteiger partial charge in [0.2, 0.25) is 5.95 Å². The summed E-state index contributed by atoms with van der Waals surface area (Å²) in [7, 11) is 0. The monoisotopic (exact) mass is 283 g/mol. The van der Waals surface area contributed by atoms with Crippen LogP contribution in [0.3, 0.4) is 0 Å². The number of nitrogens with two attached hydrogens (primary N) is 1. The normalized spacial score (nSPS) is 19.4. The van der Waals surface area contributed by atoms with Crippen LogP contribution in [-0.2, 0) is 11.3 Å². The number of ether oxygens (including phenoxy) is 1. The lowest BCUT2D eigenvalue weighted by Crippen LogP contribution is -2.11. The standard InChI is InChI=1S/C13H15ClFN3O/c14-9-6-12-11(7-10(9)15)17-13(16)18(12)4-3-8-2-1-5-19-8/h6-8H,1-5H2,(H2,16,17). The lowest BCUT2D eigenvalue weighted by Gasteiger charge is -2.11. The van der Waals surface area contributed by atoms with Gasteiger partial charge >= 0.3 is 0 Å². The van der Waals surface area contributed by atoms with Gasteiger partial charge in [0.05, 0.1) is 22.2 Å². The summed E-state index contributed by atoms with van der Waals surface area (Å²) in [4.78, 5) is 4.16. The third-order valence-corrected chi connectivity index (χ3v) is 3.81. The molecule has 1 atom stereocenters. The van der Waals surface area contributed by atoms with E-state index in [9.17, 15) is 4.39 Å². The van der Waals surface area contributed by atoms with Crippen molar-refractivity contribution in [2.24, 2.45) is 0 Å². The molecular formula is C13H15ClFN3O. The highest BCUT2D eigenvalue weighted by molar-refractivity contribution is 6.31. The quantitative estimate of drug-likeness (QED) is 0.942. The van der Waals surface area contributed by atoms with E-state index in [4.69, 9.17) is 22.1 Å². The smallest absolute Gasteiger partial charge is 0.201 e. The minimum Gasteiger partial charge on any atom is -0.378 e. The van der Waals surface area contributed by atoms with Gasteiger partial charge in [0.25, 0.3) is 0 Å². The summed E-state index contributed by atoms with van der Waals surface area (Å²) in [5.74, 6) is -0.0902. The van der Waals surface area contributed by atoms with Gasteiger partial charge in [-0.3, -0.25) is 0 Å². The van der Waals surface area contributed by atoms with Gasteiger partial charge in [0.15, 0.2) is 0 Å². The highest BCUT2D eigenvalue weighted by Gasteiger charge is 2.17. The lowest BCUT2D eigenvalue weighted by atomic mass is 10.2. The molecule has 1 aliphatic heterocycles. The molecule has 2 aromatic rings. The first-order chi connectivity index (χ1) is 9.15. The fourth-order valence-corrected chi connectivity index (χ4v) is 2.68. The number of benzene rings is 1. The number of fused-ring (bicyclic) bond motifs is 1. The lowest BCUT2D eigenvalue weighted by molar-refractivity contribution is 0.101. The molecule has 0 bridgehead atoms. The number of anilines is 1. The summed E-state index contributed by atoms with van der Waals surface area (Å²) >= 11 is 5.81. The second-order valence-electron chi connectivity index (χ2n) is 4.80. The van der Waals surface area contributed by atoms with Crippen LogP contribution in [0.4, 0.5) is 10.3 Å². The Morgan fingerprint density at radius 1 is 1.53 bits per heavy atom. The number of aromatic nitrogens is 2. The highest BCUT2D eigenvalue weighted by Crippen LogP contribution is 2.26. The summed E-state index contributed by atoms with van der Waals surface area (Å²) in [6, 6.07) is 2.89. The zero-order chi connectivity index (χ0) is 13.4. The Hall–Kier alpha value is -1.33. The average Bonchev–Trinajstić information content (AvgIpc) is 2.96. The number of rotatable bonds is 3. The molecule has 4 nitrogen and oxygen atoms in total. The number of nitrogen functional groups attached to an aromatic ring is 1. The fourth-order valence-electron chi connectivity index (χ4n) is 2.52. The molecule has 1 fully saturated rings. The number of nitrogens with zero attached hydrogens (tertiary/aromatic N) is 2. The van der Waals surface area contributed by atoms with E-state index < -0.39 is 5.82 Å². The van der Waals surface area contributed by atoms with Crippen molar-refractivity contribution in [3.63, 3.8) is 0 Å². The Morgan fingerprint density at radius 2 is 2.37 bits per heavy atom. The largest absolute Gasteiger partial charge is 0.378 e. The second-order valence-corrected chi connectivity index (χ2v) is 5.21. The van der Waals surface area contributed by atoms with Gasteiger partial charge in [-0.25, -0.2) is 9.37 Å². The van der Waals surface area contributed by atoms with Crippen LogP contribution in [0.5, 0.6) is 0 Å². The zero-order valence-electron chi connectivity index (χ0n) is 10.4. The molecule has 0 amide bonds. The van der Waals surface area contributed by atoms with Gasteiger partial charge in [0.1, 0.15) is 5.82 Å². The van der Waals surface area contributed by atoms with Crippen LogP contribution in [0, 0.1) is 5.82 Å². The van der Waals surface area contributed by atoms with Crippen LogP contribution < -0.4 is 5.73 Å². The molecule has 1 unspecified atom stereocenters. The van der Waals surface area contributed by atoms with Crippen LogP contribution in [0.25, 0.3) is 11.0 Å². The Kier molecular flexibility index (Phi) is 3.33. The van der Waals surface area contributed by atoms with Gasteiger partial charge in [0, 0.05) is 19.2 Å². The van der Waals surface area contributed by atoms with E-state index >= 15 is 0 Å². The highest BCUT2D eigenvalue weighted by atomic mass is 35.5. The van der Waals surface area contributed by atoms with Gasteiger partial charge in [-0.15, -0.1) is 0 Å². The average molecular weight is 284 g/mol. The Bertz CT molecular complexity index is 607. The van der Waals surface area contributed by atoms with E-state index in [-0.39, 0.29) is 11.1 Å². The van der Waals surface area contributed by atoms with Gasteiger partial charge < -0.3 is 15.0 Å². The summed E-state index contributed by atoms with van der Waals surface area (Å²) in [5, 5.41) is 0.0887. The molecule has 6 heteroatoms. The maximum absolute atomic E-state index is 13.4. The molecule has 1 saturated heterocycles. The second kappa shape index (κ2) is 4.98. The maximum Gasteiger partial charge on any atom is 0.201 e. The third-order valence-electron chi connectivity index (χ3n) is 3.52. The minimum absolute atomic E-state index is 0.0887. The van der Waals surface area contributed by atoms with Crippen molar-refractivity contribution in [1.82, 2.24) is 9.55 Å². The molecule has 19 heavy (non-hydrogen) atoms. The molecule has 1 aromatic heterocycles. The van der Waals surface area contributed by atoms with E-state index in [1.165, 1.54) is 6.07 Å². The predicted molar refractivity (Wildman–Crippen MR) is 72.7 cm³/mol. The van der Waals surface area contributed by atoms with Gasteiger partial charge in [-0.2, -0.15) is 0 Å². The van der Waals surface area contributed by atoms with Gasteiger partial charge in [-0.05, 0) is 25.3 Å². The number of imidazole rings is 1. The van der Waals surface area contributed by atoms with Crippen molar-refractivity contribution in [1.29, 1.82) is 0 Å². The molecule has 2 N–H and O–H groups in total. The van der Waals surface area contributed by atoms with E-state index in [0.717, 1.165) is 31.4 Å². The number of halogens is 2. The molecule has 0 aliphatic carbocycles. The first kappa shape index (κ1) is 12.7. The molecular weight excluding hydrogens is 269 g/mol. The molecule has 2 heterocycles. The number of hydrogen-bond donors (Lipinski definition) is 1. The first-order valence-corrected chi connectivity index (χ1v) is 6.75. The van der Waals surface area contributed by atoms with Crippen molar-refractivity contribution in [3.8, 4) is 0 Å². The van der Waals surface area contributed by atoms with E-state index in [1.807, 2.05) is 4.57 Å². The van der Waals surface area contributed by atoms with Crippen molar-refractivity contribution in [3.05, 3.63) is 23.0 Å². The van der Waals surface area contributed by atoms with Crippen molar-refractivity contribution >= 4 is 28.6 Å². The Balaban J connectivity index is 1.89. The van der Waals surface area contributed by atoms with E-state index in [0.29, 0.717) is 18.0 Å². The Labute approximate surface area is 115 Å². The predicted octanol–water partition coefficient (Wildman–Crippen LogP) is 2.98. The van der Waals surface area contributed by atoms with Crippen LogP contribution in [-0.4, -0.2) is 22.3 Å². The number of hydrogen-bond acceptors (Lipinski definition) is 3. The molecule has 1 aliphatic rings. The fraction of sp³-hybridized carbons (Fsp3) is 0.462. The third kappa shape index (κ3) is 2.40. The summed E-state index contributed by atoms with van der Waals surface area (Å²) in [5.41, 5.74) is 7.18. The van der Waals surface area contributed by atoms with Crippen LogP contribution >= 0.6 is 11.6 Å². The van der Waals surface area contributed by atoms with Crippen LogP contribution in [0.2, 0.25) is 5.02 Å². The summed E-state index contributed by atoms with van der Waals surface area (Å²) in [6.45, 7) is 1.54. The number of aryl methyl sites for hydroxylation is 1.